The molecule has 1 fully saturated rings. The lowest BCUT2D eigenvalue weighted by Crippen LogP contribution is -2.54. The normalized spacial score (nSPS) is 21.4. The van der Waals surface area contributed by atoms with Gasteiger partial charge in [-0.05, 0) is 30.3 Å². The summed E-state index contributed by atoms with van der Waals surface area (Å²) in [5.74, 6) is -3.89. The van der Waals surface area contributed by atoms with Gasteiger partial charge in [-0.25, -0.2) is 17.2 Å². The van der Waals surface area contributed by atoms with Gasteiger partial charge in [-0.3, -0.25) is 14.5 Å². The number of rotatable bonds is 3. The second kappa shape index (κ2) is 6.96. The zero-order valence-electron chi connectivity index (χ0n) is 16.5. The van der Waals surface area contributed by atoms with Gasteiger partial charge < -0.3 is 4.90 Å². The van der Waals surface area contributed by atoms with E-state index in [1.54, 1.807) is 24.3 Å². The average Bonchev–Trinajstić information content (AvgIpc) is 3.12. The van der Waals surface area contributed by atoms with Crippen LogP contribution in [0.5, 0.6) is 0 Å². The van der Waals surface area contributed by atoms with Gasteiger partial charge in [-0.15, -0.1) is 0 Å². The summed E-state index contributed by atoms with van der Waals surface area (Å²) in [5.41, 5.74) is 0.468. The van der Waals surface area contributed by atoms with Crippen molar-refractivity contribution >= 4 is 33.0 Å². The van der Waals surface area contributed by atoms with E-state index in [-0.39, 0.29) is 29.0 Å². The van der Waals surface area contributed by atoms with Crippen LogP contribution < -0.4 is 9.80 Å². The molecule has 3 aromatic rings. The summed E-state index contributed by atoms with van der Waals surface area (Å²) in [6.45, 7) is -0.231. The highest BCUT2D eigenvalue weighted by molar-refractivity contribution is 7.94. The van der Waals surface area contributed by atoms with Gasteiger partial charge in [-0.1, -0.05) is 42.5 Å². The Bertz CT molecular complexity index is 1390. The van der Waals surface area contributed by atoms with Gasteiger partial charge in [0.1, 0.15) is 17.4 Å². The number of benzene rings is 3. The first-order chi connectivity index (χ1) is 15.3. The Morgan fingerprint density at radius 1 is 0.906 bits per heavy atom. The number of fused-ring (bicyclic) bond motifs is 2. The largest absolute Gasteiger partial charge is 0.304 e. The Kier molecular flexibility index (Phi) is 4.42. The van der Waals surface area contributed by atoms with E-state index in [4.69, 9.17) is 0 Å². The molecule has 5 rings (SSSR count). The van der Waals surface area contributed by atoms with Crippen LogP contribution in [0.1, 0.15) is 11.1 Å². The van der Waals surface area contributed by atoms with E-state index < -0.39 is 43.9 Å². The molecule has 162 valence electrons. The third kappa shape index (κ3) is 2.64. The van der Waals surface area contributed by atoms with E-state index in [1.807, 2.05) is 0 Å². The summed E-state index contributed by atoms with van der Waals surface area (Å²) in [5, 5.41) is 0. The van der Waals surface area contributed by atoms with Crippen molar-refractivity contribution < 1.29 is 26.8 Å². The van der Waals surface area contributed by atoms with Crippen molar-refractivity contribution in [3.8, 4) is 0 Å². The van der Waals surface area contributed by atoms with Crippen LogP contribution >= 0.6 is 0 Å². The van der Waals surface area contributed by atoms with E-state index in [0.29, 0.717) is 0 Å². The molecule has 2 aliphatic rings. The molecule has 2 amide bonds. The number of halogens is 2. The number of carbonyl (C=O) groups excluding carboxylic acids is 2. The van der Waals surface area contributed by atoms with Gasteiger partial charge in [0.05, 0.1) is 12.2 Å². The SMILES string of the molecule is O=C1CS(=O)(=O)C2(C(=O)N(Cc3ccccc3F)c3ccccc32)N1c1cccc(F)c1. The molecule has 32 heavy (non-hydrogen) atoms. The summed E-state index contributed by atoms with van der Waals surface area (Å²) >= 11 is 0. The van der Waals surface area contributed by atoms with Crippen molar-refractivity contribution in [1.29, 1.82) is 0 Å². The summed E-state index contributed by atoms with van der Waals surface area (Å²) in [4.78, 5) is 26.4. The molecule has 2 aliphatic heterocycles. The molecule has 0 saturated carbocycles. The quantitative estimate of drug-likeness (QED) is 0.610. The maximum Gasteiger partial charge on any atom is 0.274 e. The van der Waals surface area contributed by atoms with Crippen LogP contribution in [0.15, 0.2) is 72.8 Å². The van der Waals surface area contributed by atoms with Crippen LogP contribution in [0.4, 0.5) is 20.2 Å². The Labute approximate surface area is 182 Å². The fourth-order valence-electron chi connectivity index (χ4n) is 4.46. The summed E-state index contributed by atoms with van der Waals surface area (Å²) in [6, 6.07) is 16.9. The van der Waals surface area contributed by atoms with Crippen LogP contribution in [0.2, 0.25) is 0 Å². The molecule has 0 radical (unpaired) electrons. The number of sulfone groups is 1. The van der Waals surface area contributed by atoms with E-state index >= 15 is 0 Å². The topological polar surface area (TPSA) is 74.8 Å². The third-order valence-corrected chi connectivity index (χ3v) is 7.88. The Morgan fingerprint density at radius 3 is 2.38 bits per heavy atom. The highest BCUT2D eigenvalue weighted by atomic mass is 32.2. The van der Waals surface area contributed by atoms with Crippen LogP contribution in [0, 0.1) is 11.6 Å². The number of hydrogen-bond donors (Lipinski definition) is 0. The van der Waals surface area contributed by atoms with Crippen molar-refractivity contribution in [2.24, 2.45) is 0 Å². The second-order valence-corrected chi connectivity index (χ2v) is 9.72. The molecule has 1 spiro atoms. The van der Waals surface area contributed by atoms with Gasteiger partial charge in [-0.2, -0.15) is 0 Å². The molecular formula is C23H16F2N2O4S. The van der Waals surface area contributed by atoms with Crippen molar-refractivity contribution in [2.75, 3.05) is 15.6 Å². The predicted octanol–water partition coefficient (Wildman–Crippen LogP) is 3.13. The van der Waals surface area contributed by atoms with Gasteiger partial charge >= 0.3 is 0 Å². The van der Waals surface area contributed by atoms with Crippen LogP contribution in [0.3, 0.4) is 0 Å². The lowest BCUT2D eigenvalue weighted by Gasteiger charge is -2.32. The van der Waals surface area contributed by atoms with Crippen LogP contribution in [0.25, 0.3) is 0 Å². The molecule has 0 aliphatic carbocycles. The summed E-state index contributed by atoms with van der Waals surface area (Å²) in [7, 11) is -4.37. The lowest BCUT2D eigenvalue weighted by molar-refractivity contribution is -0.123. The van der Waals surface area contributed by atoms with E-state index in [9.17, 15) is 26.8 Å². The minimum atomic E-state index is -4.37. The third-order valence-electron chi connectivity index (χ3n) is 5.78. The first kappa shape index (κ1) is 20.3. The molecule has 3 aromatic carbocycles. The maximum absolute atomic E-state index is 14.4. The fraction of sp³-hybridized carbons (Fsp3) is 0.130. The highest BCUT2D eigenvalue weighted by Crippen LogP contribution is 2.52. The van der Waals surface area contributed by atoms with Crippen molar-refractivity contribution in [2.45, 2.75) is 11.4 Å². The fourth-order valence-corrected chi connectivity index (χ4v) is 6.49. The zero-order valence-corrected chi connectivity index (χ0v) is 17.4. The molecule has 6 nitrogen and oxygen atoms in total. The smallest absolute Gasteiger partial charge is 0.274 e. The lowest BCUT2D eigenvalue weighted by atomic mass is 10.0. The van der Waals surface area contributed by atoms with Crippen molar-refractivity contribution in [1.82, 2.24) is 0 Å². The maximum atomic E-state index is 14.4. The van der Waals surface area contributed by atoms with Gasteiger partial charge in [0.2, 0.25) is 5.91 Å². The first-order valence-corrected chi connectivity index (χ1v) is 11.4. The number of para-hydroxylation sites is 1. The standard InChI is InChI=1S/C23H16F2N2O4S/c24-16-7-5-8-17(12-16)27-21(28)14-32(30,31)23(27)18-9-2-4-11-20(18)26(22(23)29)13-15-6-1-3-10-19(15)25/h1-12H,13-14H2. The van der Waals surface area contributed by atoms with Crippen LogP contribution in [-0.2, 0) is 30.8 Å². The second-order valence-electron chi connectivity index (χ2n) is 7.61. The average molecular weight is 454 g/mol. The summed E-state index contributed by atoms with van der Waals surface area (Å²) < 4.78 is 55.2. The van der Waals surface area contributed by atoms with Crippen molar-refractivity contribution in [3.63, 3.8) is 0 Å². The molecular weight excluding hydrogens is 438 g/mol. The van der Waals surface area contributed by atoms with Crippen LogP contribution in [-0.4, -0.2) is 26.0 Å². The molecule has 1 unspecified atom stereocenters. The Morgan fingerprint density at radius 2 is 1.62 bits per heavy atom. The Balaban J connectivity index is 1.76. The molecule has 0 N–H and O–H groups in total. The monoisotopic (exact) mass is 454 g/mol. The summed E-state index contributed by atoms with van der Waals surface area (Å²) in [6.07, 6.45) is 0. The molecule has 1 atom stereocenters. The predicted molar refractivity (Wildman–Crippen MR) is 113 cm³/mol. The molecule has 9 heteroatoms. The van der Waals surface area contributed by atoms with Gasteiger partial charge in [0.25, 0.3) is 10.8 Å². The molecule has 0 bridgehead atoms. The number of hydrogen-bond acceptors (Lipinski definition) is 4. The van der Waals surface area contributed by atoms with E-state index in [0.717, 1.165) is 21.9 Å². The van der Waals surface area contributed by atoms with Gasteiger partial charge in [0.15, 0.2) is 9.84 Å². The number of carbonyl (C=O) groups is 2. The Hall–Kier alpha value is -3.59. The zero-order chi connectivity index (χ0) is 22.7. The molecule has 0 aromatic heterocycles. The first-order valence-electron chi connectivity index (χ1n) is 9.73. The van der Waals surface area contributed by atoms with Gasteiger partial charge in [0, 0.05) is 16.8 Å². The molecule has 1 saturated heterocycles. The molecule has 2 heterocycles. The number of amides is 2. The highest BCUT2D eigenvalue weighted by Gasteiger charge is 2.69. The minimum Gasteiger partial charge on any atom is -0.304 e. The van der Waals surface area contributed by atoms with E-state index in [1.165, 1.54) is 36.4 Å². The number of anilines is 2. The minimum absolute atomic E-state index is 0.0491. The van der Waals surface area contributed by atoms with Crippen molar-refractivity contribution in [3.05, 3.63) is 95.6 Å². The van der Waals surface area contributed by atoms with E-state index in [2.05, 4.69) is 0 Å². The number of nitrogens with zero attached hydrogens (tertiary/aromatic N) is 2.